The topological polar surface area (TPSA) is 55.6 Å². The number of piperidine rings is 1. The van der Waals surface area contributed by atoms with Gasteiger partial charge in [-0.3, -0.25) is 4.79 Å². The number of carbonyl (C=O) groups excluding carboxylic acids is 1. The van der Waals surface area contributed by atoms with Crippen LogP contribution in [-0.4, -0.2) is 28.4 Å². The van der Waals surface area contributed by atoms with Gasteiger partial charge in [0.1, 0.15) is 17.8 Å². The zero-order valence-corrected chi connectivity index (χ0v) is 14.1. The summed E-state index contributed by atoms with van der Waals surface area (Å²) in [6.07, 6.45) is 4.49. The van der Waals surface area contributed by atoms with Gasteiger partial charge < -0.3 is 14.1 Å². The molecule has 3 rings (SSSR count). The molecule has 1 amide bonds. The molecule has 0 saturated carbocycles. The molecule has 2 heterocycles. The number of likely N-dealkylation sites (tertiary alicyclic amines) is 1. The number of hydrogen-bond acceptors (Lipinski definition) is 4. The summed E-state index contributed by atoms with van der Waals surface area (Å²) in [5, 5.41) is 0.167. The van der Waals surface area contributed by atoms with E-state index in [2.05, 4.69) is 4.98 Å². The lowest BCUT2D eigenvalue weighted by Crippen LogP contribution is -2.42. The van der Waals surface area contributed by atoms with Gasteiger partial charge in [0.2, 0.25) is 5.89 Å². The third-order valence-corrected chi connectivity index (χ3v) is 4.38. The van der Waals surface area contributed by atoms with Gasteiger partial charge in [-0.2, -0.15) is 0 Å². The van der Waals surface area contributed by atoms with Crippen LogP contribution in [-0.2, 0) is 6.61 Å². The van der Waals surface area contributed by atoms with Gasteiger partial charge in [-0.15, -0.1) is 0 Å². The van der Waals surface area contributed by atoms with Crippen molar-refractivity contribution in [2.45, 2.75) is 38.8 Å². The first-order chi connectivity index (χ1) is 11.5. The quantitative estimate of drug-likeness (QED) is 0.832. The Morgan fingerprint density at radius 1 is 1.50 bits per heavy atom. The van der Waals surface area contributed by atoms with Gasteiger partial charge in [-0.05, 0) is 44.4 Å². The van der Waals surface area contributed by atoms with E-state index >= 15 is 0 Å². The minimum atomic E-state index is -0.438. The number of hydrogen-bond donors (Lipinski definition) is 0. The minimum Gasteiger partial charge on any atom is -0.482 e. The largest absolute Gasteiger partial charge is 0.482 e. The van der Waals surface area contributed by atoms with Crippen molar-refractivity contribution in [2.75, 3.05) is 6.54 Å². The number of oxazole rings is 1. The number of ether oxygens (including phenoxy) is 1. The highest BCUT2D eigenvalue weighted by atomic mass is 35.5. The van der Waals surface area contributed by atoms with Crippen LogP contribution in [0.1, 0.15) is 42.6 Å². The maximum atomic E-state index is 13.0. The third kappa shape index (κ3) is 3.70. The highest BCUT2D eigenvalue weighted by Gasteiger charge is 2.26. The van der Waals surface area contributed by atoms with E-state index in [1.54, 1.807) is 0 Å². The molecule has 0 bridgehead atoms. The summed E-state index contributed by atoms with van der Waals surface area (Å²) in [7, 11) is 0. The molecular formula is C17H18ClFN2O3. The van der Waals surface area contributed by atoms with Crippen molar-refractivity contribution >= 4 is 17.5 Å². The van der Waals surface area contributed by atoms with Gasteiger partial charge in [-0.25, -0.2) is 9.37 Å². The second kappa shape index (κ2) is 7.21. The van der Waals surface area contributed by atoms with Crippen LogP contribution in [0.4, 0.5) is 4.39 Å². The van der Waals surface area contributed by atoms with E-state index in [1.807, 2.05) is 11.8 Å². The Bertz CT molecular complexity index is 734. The Kier molecular flexibility index (Phi) is 5.04. The van der Waals surface area contributed by atoms with E-state index in [9.17, 15) is 9.18 Å². The zero-order chi connectivity index (χ0) is 17.1. The Hall–Kier alpha value is -2.08. The number of nitrogens with zero attached hydrogens (tertiary/aromatic N) is 2. The fraction of sp³-hybridized carbons (Fsp3) is 0.412. The average Bonchev–Trinajstić information content (AvgIpc) is 3.03. The van der Waals surface area contributed by atoms with Gasteiger partial charge in [0.15, 0.2) is 12.3 Å². The molecule has 1 atom stereocenters. The highest BCUT2D eigenvalue weighted by Crippen LogP contribution is 2.26. The van der Waals surface area contributed by atoms with Crippen LogP contribution < -0.4 is 4.74 Å². The fourth-order valence-corrected chi connectivity index (χ4v) is 2.98. The van der Waals surface area contributed by atoms with Crippen LogP contribution in [0.3, 0.4) is 0 Å². The summed E-state index contributed by atoms with van der Waals surface area (Å²) in [6, 6.07) is 4.06. The lowest BCUT2D eigenvalue weighted by molar-refractivity contribution is 0.0629. The molecular weight excluding hydrogens is 335 g/mol. The highest BCUT2D eigenvalue weighted by molar-refractivity contribution is 6.32. The predicted molar refractivity (Wildman–Crippen MR) is 86.6 cm³/mol. The first-order valence-corrected chi connectivity index (χ1v) is 8.25. The maximum absolute atomic E-state index is 13.0. The molecule has 0 spiro atoms. The van der Waals surface area contributed by atoms with E-state index in [-0.39, 0.29) is 35.2 Å². The van der Waals surface area contributed by atoms with Crippen LogP contribution in [0.2, 0.25) is 5.02 Å². The molecule has 1 aromatic carbocycles. The molecule has 1 fully saturated rings. The number of amides is 1. The summed E-state index contributed by atoms with van der Waals surface area (Å²) in [5.74, 6) is 0.0289. The molecule has 1 aromatic heterocycles. The van der Waals surface area contributed by atoms with E-state index < -0.39 is 5.82 Å². The van der Waals surface area contributed by atoms with Crippen molar-refractivity contribution in [3.63, 3.8) is 0 Å². The molecule has 1 aliphatic heterocycles. The number of rotatable bonds is 4. The molecule has 128 valence electrons. The Labute approximate surface area is 144 Å². The van der Waals surface area contributed by atoms with Crippen molar-refractivity contribution in [1.82, 2.24) is 9.88 Å². The fourth-order valence-electron chi connectivity index (χ4n) is 2.75. The number of benzene rings is 1. The van der Waals surface area contributed by atoms with Crippen molar-refractivity contribution in [1.29, 1.82) is 0 Å². The lowest BCUT2D eigenvalue weighted by Gasteiger charge is -2.32. The summed E-state index contributed by atoms with van der Waals surface area (Å²) >= 11 is 5.89. The molecule has 0 unspecified atom stereocenters. The van der Waals surface area contributed by atoms with Crippen LogP contribution in [0.5, 0.6) is 5.75 Å². The normalized spacial score (nSPS) is 17.8. The van der Waals surface area contributed by atoms with E-state index in [0.717, 1.165) is 25.8 Å². The minimum absolute atomic E-state index is 0.00812. The van der Waals surface area contributed by atoms with Crippen LogP contribution in [0.15, 0.2) is 28.9 Å². The second-order valence-corrected chi connectivity index (χ2v) is 6.24. The molecule has 1 aliphatic rings. The molecule has 2 aromatic rings. The standard InChI is InChI=1S/C17H18ClFN2O3/c1-11-4-2-3-7-21(11)17(22)14-9-24-16(20-14)10-23-15-6-5-12(19)8-13(15)18/h5-6,8-9,11H,2-4,7,10H2,1H3/t11-/m0/s1. The van der Waals surface area contributed by atoms with Gasteiger partial charge in [0.25, 0.3) is 5.91 Å². The molecule has 0 N–H and O–H groups in total. The van der Waals surface area contributed by atoms with Gasteiger partial charge >= 0.3 is 0 Å². The maximum Gasteiger partial charge on any atom is 0.276 e. The number of aromatic nitrogens is 1. The first-order valence-electron chi connectivity index (χ1n) is 7.88. The molecule has 1 saturated heterocycles. The zero-order valence-electron chi connectivity index (χ0n) is 13.3. The summed E-state index contributed by atoms with van der Waals surface area (Å²) in [5.41, 5.74) is 0.271. The lowest BCUT2D eigenvalue weighted by atomic mass is 10.0. The molecule has 7 heteroatoms. The number of carbonyl (C=O) groups is 1. The van der Waals surface area contributed by atoms with Crippen molar-refractivity contribution in [3.8, 4) is 5.75 Å². The molecule has 5 nitrogen and oxygen atoms in total. The SMILES string of the molecule is C[C@H]1CCCCN1C(=O)c1coc(COc2ccc(F)cc2Cl)n1. The average molecular weight is 353 g/mol. The number of halogens is 2. The van der Waals surface area contributed by atoms with Gasteiger partial charge in [0, 0.05) is 12.6 Å². The predicted octanol–water partition coefficient (Wildman–Crippen LogP) is 4.06. The first kappa shape index (κ1) is 16.8. The van der Waals surface area contributed by atoms with Gasteiger partial charge in [0.05, 0.1) is 5.02 Å². The monoisotopic (exact) mass is 352 g/mol. The second-order valence-electron chi connectivity index (χ2n) is 5.83. The van der Waals surface area contributed by atoms with E-state index in [0.29, 0.717) is 5.75 Å². The Morgan fingerprint density at radius 2 is 2.33 bits per heavy atom. The van der Waals surface area contributed by atoms with Crippen LogP contribution in [0.25, 0.3) is 0 Å². The summed E-state index contributed by atoms with van der Waals surface area (Å²) in [6.45, 7) is 2.79. The molecule has 0 radical (unpaired) electrons. The van der Waals surface area contributed by atoms with Crippen LogP contribution in [0, 0.1) is 5.82 Å². The Morgan fingerprint density at radius 3 is 3.08 bits per heavy atom. The molecule has 24 heavy (non-hydrogen) atoms. The summed E-state index contributed by atoms with van der Waals surface area (Å²) in [4.78, 5) is 18.5. The third-order valence-electron chi connectivity index (χ3n) is 4.08. The summed E-state index contributed by atoms with van der Waals surface area (Å²) < 4.78 is 23.8. The van der Waals surface area contributed by atoms with E-state index in [1.165, 1.54) is 24.5 Å². The Balaban J connectivity index is 1.63. The van der Waals surface area contributed by atoms with Crippen molar-refractivity contribution < 1.29 is 18.3 Å². The van der Waals surface area contributed by atoms with Gasteiger partial charge in [-0.1, -0.05) is 11.6 Å². The van der Waals surface area contributed by atoms with Crippen LogP contribution >= 0.6 is 11.6 Å². The van der Waals surface area contributed by atoms with Crippen molar-refractivity contribution in [2.24, 2.45) is 0 Å². The smallest absolute Gasteiger partial charge is 0.276 e. The molecule has 0 aliphatic carbocycles. The van der Waals surface area contributed by atoms with E-state index in [4.69, 9.17) is 20.8 Å². The van der Waals surface area contributed by atoms with Crippen molar-refractivity contribution in [3.05, 3.63) is 46.9 Å².